The summed E-state index contributed by atoms with van der Waals surface area (Å²) in [6.07, 6.45) is 27.9. The van der Waals surface area contributed by atoms with Gasteiger partial charge in [-0.3, -0.25) is 0 Å². The van der Waals surface area contributed by atoms with Crippen LogP contribution in [0.3, 0.4) is 0 Å². The van der Waals surface area contributed by atoms with Gasteiger partial charge in [-0.1, -0.05) is 90.4 Å². The molecule has 0 aliphatic heterocycles. The minimum Gasteiger partial charge on any atom is -1.00 e. The number of rotatable bonds is 16. The van der Waals surface area contributed by atoms with Gasteiger partial charge in [0.2, 0.25) is 0 Å². The average molecular weight is 433 g/mol. The summed E-state index contributed by atoms with van der Waals surface area (Å²) in [5, 5.41) is 0. The van der Waals surface area contributed by atoms with Crippen molar-refractivity contribution in [2.75, 3.05) is 20.6 Å². The number of hydrogen-bond acceptors (Lipinski definition) is 0. The number of quaternary nitrogens is 1. The molecule has 0 amide bonds. The molecule has 1 saturated carbocycles. The molecular formula is C24H50BrN. The molecule has 0 aromatic heterocycles. The first-order valence-corrected chi connectivity index (χ1v) is 12.0. The van der Waals surface area contributed by atoms with E-state index in [2.05, 4.69) is 21.0 Å². The lowest BCUT2D eigenvalue weighted by molar-refractivity contribution is -0.916. The lowest BCUT2D eigenvalue weighted by atomic mass is 9.93. The van der Waals surface area contributed by atoms with Crippen LogP contribution in [0.1, 0.15) is 129 Å². The monoisotopic (exact) mass is 431 g/mol. The third kappa shape index (κ3) is 13.6. The van der Waals surface area contributed by atoms with Crippen LogP contribution in [-0.4, -0.2) is 31.2 Å². The highest BCUT2D eigenvalue weighted by atomic mass is 79.9. The number of unbranched alkanes of at least 4 members (excludes halogenated alkanes) is 13. The van der Waals surface area contributed by atoms with Crippen LogP contribution in [0.5, 0.6) is 0 Å². The van der Waals surface area contributed by atoms with Crippen molar-refractivity contribution in [3.8, 4) is 0 Å². The van der Waals surface area contributed by atoms with Crippen molar-refractivity contribution in [3.63, 3.8) is 0 Å². The van der Waals surface area contributed by atoms with E-state index in [4.69, 9.17) is 0 Å². The zero-order valence-electron chi connectivity index (χ0n) is 18.5. The van der Waals surface area contributed by atoms with Crippen LogP contribution in [0.2, 0.25) is 0 Å². The summed E-state index contributed by atoms with van der Waals surface area (Å²) >= 11 is 0. The van der Waals surface area contributed by atoms with Crippen molar-refractivity contribution in [1.29, 1.82) is 0 Å². The number of hydrogen-bond donors (Lipinski definition) is 0. The number of nitrogens with zero attached hydrogens (tertiary/aromatic N) is 1. The molecule has 0 aromatic rings. The van der Waals surface area contributed by atoms with Gasteiger partial charge in [0.1, 0.15) is 0 Å². The molecule has 1 aliphatic carbocycles. The Hall–Kier alpha value is 0.440. The Labute approximate surface area is 177 Å². The smallest absolute Gasteiger partial charge is 0.0886 e. The molecule has 26 heavy (non-hydrogen) atoms. The Morgan fingerprint density at radius 3 is 1.38 bits per heavy atom. The predicted molar refractivity (Wildman–Crippen MR) is 114 cm³/mol. The fraction of sp³-hybridized carbons (Fsp3) is 1.00. The second-order valence-electron chi connectivity index (χ2n) is 9.39. The normalized spacial score (nSPS) is 15.8. The summed E-state index contributed by atoms with van der Waals surface area (Å²) in [4.78, 5) is 0. The fourth-order valence-electron chi connectivity index (χ4n) is 4.68. The van der Waals surface area contributed by atoms with E-state index in [1.165, 1.54) is 133 Å². The quantitative estimate of drug-likeness (QED) is 0.241. The van der Waals surface area contributed by atoms with Crippen LogP contribution in [0.15, 0.2) is 0 Å². The van der Waals surface area contributed by atoms with Crippen molar-refractivity contribution in [3.05, 3.63) is 0 Å². The Morgan fingerprint density at radius 1 is 0.577 bits per heavy atom. The maximum Gasteiger partial charge on any atom is 0.0886 e. The highest BCUT2D eigenvalue weighted by Crippen LogP contribution is 2.26. The van der Waals surface area contributed by atoms with Gasteiger partial charge in [0, 0.05) is 0 Å². The minimum atomic E-state index is 0. The maximum atomic E-state index is 2.48. The van der Waals surface area contributed by atoms with Gasteiger partial charge >= 0.3 is 0 Å². The van der Waals surface area contributed by atoms with Crippen molar-refractivity contribution < 1.29 is 21.5 Å². The van der Waals surface area contributed by atoms with Crippen molar-refractivity contribution in [2.45, 2.75) is 135 Å². The van der Waals surface area contributed by atoms with E-state index < -0.39 is 0 Å². The zero-order valence-corrected chi connectivity index (χ0v) is 20.1. The Kier molecular flexibility index (Phi) is 17.8. The van der Waals surface area contributed by atoms with Gasteiger partial charge in [0.15, 0.2) is 0 Å². The first kappa shape index (κ1) is 26.4. The summed E-state index contributed by atoms with van der Waals surface area (Å²) in [6.45, 7) is 3.71. The van der Waals surface area contributed by atoms with Gasteiger partial charge < -0.3 is 21.5 Å². The molecule has 0 bridgehead atoms. The molecule has 0 heterocycles. The first-order chi connectivity index (χ1) is 12.2. The molecule has 0 unspecified atom stereocenters. The summed E-state index contributed by atoms with van der Waals surface area (Å²) < 4.78 is 1.29. The Bertz CT molecular complexity index is 284. The lowest BCUT2D eigenvalue weighted by Gasteiger charge is -2.40. The lowest BCUT2D eigenvalue weighted by Crippen LogP contribution is -3.00. The highest BCUT2D eigenvalue weighted by molar-refractivity contribution is 4.66. The molecule has 0 atom stereocenters. The molecule has 0 saturated heterocycles. The van der Waals surface area contributed by atoms with Crippen molar-refractivity contribution in [1.82, 2.24) is 0 Å². The Morgan fingerprint density at radius 2 is 0.962 bits per heavy atom. The maximum absolute atomic E-state index is 2.48. The number of halogens is 1. The topological polar surface area (TPSA) is 0 Å². The Balaban J connectivity index is 0.00000625. The minimum absolute atomic E-state index is 0. The van der Waals surface area contributed by atoms with Crippen LogP contribution in [0.4, 0.5) is 0 Å². The van der Waals surface area contributed by atoms with Crippen molar-refractivity contribution >= 4 is 0 Å². The van der Waals surface area contributed by atoms with Gasteiger partial charge in [-0.05, 0) is 38.5 Å². The van der Waals surface area contributed by atoms with E-state index in [9.17, 15) is 0 Å². The largest absolute Gasteiger partial charge is 1.00 e. The predicted octanol–water partition coefficient (Wildman–Crippen LogP) is 4.88. The summed E-state index contributed by atoms with van der Waals surface area (Å²) in [7, 11) is 4.97. The zero-order chi connectivity index (χ0) is 18.2. The second kappa shape index (κ2) is 17.5. The van der Waals surface area contributed by atoms with Crippen LogP contribution < -0.4 is 17.0 Å². The SMILES string of the molecule is CCCCCCCCCCCCCCCC[N+](C)(C)C1CCCCC1.[Br-]. The van der Waals surface area contributed by atoms with E-state index in [0.29, 0.717) is 0 Å². The average Bonchev–Trinajstić information content (AvgIpc) is 2.63. The molecule has 1 aliphatic rings. The summed E-state index contributed by atoms with van der Waals surface area (Å²) in [5.74, 6) is 0. The van der Waals surface area contributed by atoms with Gasteiger partial charge in [-0.25, -0.2) is 0 Å². The second-order valence-corrected chi connectivity index (χ2v) is 9.39. The van der Waals surface area contributed by atoms with Crippen LogP contribution >= 0.6 is 0 Å². The van der Waals surface area contributed by atoms with Gasteiger partial charge in [0.05, 0.1) is 26.7 Å². The van der Waals surface area contributed by atoms with Crippen LogP contribution in [0.25, 0.3) is 0 Å². The molecule has 0 aromatic carbocycles. The van der Waals surface area contributed by atoms with E-state index in [-0.39, 0.29) is 17.0 Å². The molecule has 2 heteroatoms. The summed E-state index contributed by atoms with van der Waals surface area (Å²) in [5.41, 5.74) is 0. The molecule has 0 radical (unpaired) electrons. The molecular weight excluding hydrogens is 382 g/mol. The molecule has 0 N–H and O–H groups in total. The van der Waals surface area contributed by atoms with Crippen LogP contribution in [-0.2, 0) is 0 Å². The van der Waals surface area contributed by atoms with Gasteiger partial charge in [-0.15, -0.1) is 0 Å². The molecule has 1 rings (SSSR count). The molecule has 1 fully saturated rings. The van der Waals surface area contributed by atoms with E-state index in [1.807, 2.05) is 0 Å². The first-order valence-electron chi connectivity index (χ1n) is 12.0. The van der Waals surface area contributed by atoms with E-state index in [1.54, 1.807) is 0 Å². The van der Waals surface area contributed by atoms with Gasteiger partial charge in [0.25, 0.3) is 0 Å². The van der Waals surface area contributed by atoms with E-state index in [0.717, 1.165) is 6.04 Å². The molecule has 158 valence electrons. The molecule has 0 spiro atoms. The van der Waals surface area contributed by atoms with Gasteiger partial charge in [-0.2, -0.15) is 0 Å². The molecule has 1 nitrogen and oxygen atoms in total. The summed E-state index contributed by atoms with van der Waals surface area (Å²) in [6, 6.07) is 0.954. The standard InChI is InChI=1S/C24H50N.BrH/c1-4-5-6-7-8-9-10-11-12-13-14-15-16-20-23-25(2,3)24-21-18-17-19-22-24;/h24H,4-23H2,1-3H3;1H/q+1;/p-1. The highest BCUT2D eigenvalue weighted by Gasteiger charge is 2.28. The fourth-order valence-corrected chi connectivity index (χ4v) is 4.68. The van der Waals surface area contributed by atoms with Crippen molar-refractivity contribution in [2.24, 2.45) is 0 Å². The van der Waals surface area contributed by atoms with E-state index >= 15 is 0 Å². The third-order valence-corrected chi connectivity index (χ3v) is 6.65. The van der Waals surface area contributed by atoms with Crippen LogP contribution in [0, 0.1) is 0 Å². The third-order valence-electron chi connectivity index (χ3n) is 6.65.